The molecule has 1 atom stereocenters. The van der Waals surface area contributed by atoms with Gasteiger partial charge in [-0.15, -0.1) is 11.3 Å². The number of carbonyl (C=O) groups is 1. The van der Waals surface area contributed by atoms with Gasteiger partial charge in [-0.1, -0.05) is 0 Å². The van der Waals surface area contributed by atoms with Crippen LogP contribution in [0.3, 0.4) is 0 Å². The summed E-state index contributed by atoms with van der Waals surface area (Å²) in [6.45, 7) is 2.03. The number of methoxy groups -OCH3 is 1. The van der Waals surface area contributed by atoms with Gasteiger partial charge in [0.05, 0.1) is 0 Å². The van der Waals surface area contributed by atoms with Gasteiger partial charge in [0.1, 0.15) is 0 Å². The van der Waals surface area contributed by atoms with Crippen LogP contribution in [-0.2, 0) is 14.9 Å². The number of ether oxygens (including phenoxy) is 1. The normalized spacial score (nSPS) is 19.9. The van der Waals surface area contributed by atoms with Crippen molar-refractivity contribution in [1.29, 1.82) is 0 Å². The zero-order valence-electron chi connectivity index (χ0n) is 8.82. The van der Waals surface area contributed by atoms with E-state index in [1.807, 2.05) is 6.92 Å². The van der Waals surface area contributed by atoms with Crippen molar-refractivity contribution >= 4 is 17.3 Å². The van der Waals surface area contributed by atoms with Crippen LogP contribution in [-0.4, -0.2) is 24.3 Å². The van der Waals surface area contributed by atoms with Crippen LogP contribution in [0.25, 0.3) is 0 Å². The molecule has 1 heterocycles. The van der Waals surface area contributed by atoms with E-state index < -0.39 is 12.1 Å². The summed E-state index contributed by atoms with van der Waals surface area (Å²) in [5, 5.41) is 11.2. The van der Waals surface area contributed by atoms with Gasteiger partial charge in [-0.05, 0) is 36.8 Å². The zero-order valence-corrected chi connectivity index (χ0v) is 9.63. The van der Waals surface area contributed by atoms with Crippen molar-refractivity contribution in [1.82, 2.24) is 0 Å². The number of thiophene rings is 1. The van der Waals surface area contributed by atoms with E-state index in [0.29, 0.717) is 0 Å². The summed E-state index contributed by atoms with van der Waals surface area (Å²) < 4.78 is 5.11. The van der Waals surface area contributed by atoms with Crippen molar-refractivity contribution in [3.63, 3.8) is 0 Å². The molecule has 2 rings (SSSR count). The highest BCUT2D eigenvalue weighted by molar-refractivity contribution is 7.10. The minimum absolute atomic E-state index is 0.250. The predicted molar refractivity (Wildman–Crippen MR) is 58.4 cm³/mol. The van der Waals surface area contributed by atoms with Gasteiger partial charge < -0.3 is 9.84 Å². The number of rotatable bonds is 4. The molecule has 1 aromatic heterocycles. The topological polar surface area (TPSA) is 46.5 Å². The van der Waals surface area contributed by atoms with Crippen LogP contribution >= 0.6 is 11.3 Å². The molecule has 15 heavy (non-hydrogen) atoms. The van der Waals surface area contributed by atoms with E-state index in [1.165, 1.54) is 12.7 Å². The molecule has 1 aliphatic rings. The molecular weight excluding hydrogens is 212 g/mol. The van der Waals surface area contributed by atoms with Crippen LogP contribution in [0.15, 0.2) is 11.4 Å². The van der Waals surface area contributed by atoms with Gasteiger partial charge >= 0.3 is 5.97 Å². The number of carboxylic acid groups (broad SMARTS) is 1. The molecular formula is C11H14O3S. The first kappa shape index (κ1) is 10.6. The van der Waals surface area contributed by atoms with E-state index in [1.54, 1.807) is 11.3 Å². The van der Waals surface area contributed by atoms with E-state index in [0.717, 1.165) is 17.7 Å². The molecule has 0 spiro atoms. The summed E-state index contributed by atoms with van der Waals surface area (Å²) in [5.41, 5.74) is 0.945. The minimum atomic E-state index is -0.860. The molecule has 3 nitrogen and oxygen atoms in total. The number of hydrogen-bond acceptors (Lipinski definition) is 3. The highest BCUT2D eigenvalue weighted by Gasteiger charge is 2.55. The number of aliphatic carboxylic acids is 1. The fraction of sp³-hybridized carbons (Fsp3) is 0.545. The lowest BCUT2D eigenvalue weighted by Gasteiger charge is -2.20. The Hall–Kier alpha value is -0.870. The Morgan fingerprint density at radius 2 is 2.33 bits per heavy atom. The quantitative estimate of drug-likeness (QED) is 0.856. The smallest absolute Gasteiger partial charge is 0.333 e. The Morgan fingerprint density at radius 3 is 2.67 bits per heavy atom. The maximum Gasteiger partial charge on any atom is 0.333 e. The molecule has 1 unspecified atom stereocenters. The fourth-order valence-electron chi connectivity index (χ4n) is 2.03. The number of carboxylic acids is 1. The lowest BCUT2D eigenvalue weighted by atomic mass is 9.96. The van der Waals surface area contributed by atoms with Crippen molar-refractivity contribution in [3.8, 4) is 0 Å². The molecule has 0 aromatic carbocycles. The van der Waals surface area contributed by atoms with Gasteiger partial charge in [-0.25, -0.2) is 4.79 Å². The maximum absolute atomic E-state index is 11.1. The summed E-state index contributed by atoms with van der Waals surface area (Å²) in [4.78, 5) is 12.2. The molecule has 0 bridgehead atoms. The average Bonchev–Trinajstić information content (AvgIpc) is 2.83. The second kappa shape index (κ2) is 3.61. The van der Waals surface area contributed by atoms with Gasteiger partial charge in [0.2, 0.25) is 0 Å². The molecule has 0 amide bonds. The first-order valence-corrected chi connectivity index (χ1v) is 5.79. The van der Waals surface area contributed by atoms with E-state index in [9.17, 15) is 4.79 Å². The standard InChI is InChI=1S/C11H14O3S/c1-7-5-8(15-6-7)11(3-4-11)9(14-2)10(12)13/h5-6,9H,3-4H2,1-2H3,(H,12,13). The lowest BCUT2D eigenvalue weighted by Crippen LogP contribution is -2.35. The van der Waals surface area contributed by atoms with Crippen molar-refractivity contribution in [2.75, 3.05) is 7.11 Å². The van der Waals surface area contributed by atoms with Crippen molar-refractivity contribution in [3.05, 3.63) is 21.9 Å². The molecule has 0 saturated heterocycles. The molecule has 1 aromatic rings. The highest BCUT2D eigenvalue weighted by Crippen LogP contribution is 2.53. The van der Waals surface area contributed by atoms with Crippen LogP contribution in [0.4, 0.5) is 0 Å². The van der Waals surface area contributed by atoms with E-state index in [-0.39, 0.29) is 5.41 Å². The molecule has 4 heteroatoms. The van der Waals surface area contributed by atoms with E-state index in [2.05, 4.69) is 11.4 Å². The number of hydrogen-bond donors (Lipinski definition) is 1. The van der Waals surface area contributed by atoms with Gasteiger partial charge in [0, 0.05) is 17.4 Å². The number of aryl methyl sites for hydroxylation is 1. The van der Waals surface area contributed by atoms with Crippen LogP contribution in [0.2, 0.25) is 0 Å². The Balaban J connectivity index is 2.30. The Morgan fingerprint density at radius 1 is 1.67 bits per heavy atom. The fourth-order valence-corrected chi connectivity index (χ4v) is 3.21. The first-order chi connectivity index (χ1) is 7.10. The second-order valence-corrected chi connectivity index (χ2v) is 5.01. The van der Waals surface area contributed by atoms with E-state index in [4.69, 9.17) is 9.84 Å². The molecule has 1 N–H and O–H groups in total. The average molecular weight is 226 g/mol. The molecule has 1 saturated carbocycles. The Bertz CT molecular complexity index is 379. The predicted octanol–water partition coefficient (Wildman–Crippen LogP) is 2.19. The first-order valence-electron chi connectivity index (χ1n) is 4.91. The molecule has 82 valence electrons. The SMILES string of the molecule is COC(C(=O)O)C1(c2cc(C)cs2)CC1. The van der Waals surface area contributed by atoms with Gasteiger partial charge in [0.15, 0.2) is 6.10 Å². The Kier molecular flexibility index (Phi) is 2.56. The summed E-state index contributed by atoms with van der Waals surface area (Å²) in [5.74, 6) is -0.860. The second-order valence-electron chi connectivity index (χ2n) is 4.10. The summed E-state index contributed by atoms with van der Waals surface area (Å²) in [6.07, 6.45) is 1.13. The van der Waals surface area contributed by atoms with Crippen LogP contribution in [0.1, 0.15) is 23.3 Å². The van der Waals surface area contributed by atoms with Crippen LogP contribution in [0.5, 0.6) is 0 Å². The molecule has 1 fully saturated rings. The van der Waals surface area contributed by atoms with Crippen molar-refractivity contribution < 1.29 is 14.6 Å². The van der Waals surface area contributed by atoms with Crippen LogP contribution < -0.4 is 0 Å². The van der Waals surface area contributed by atoms with E-state index >= 15 is 0 Å². The third kappa shape index (κ3) is 1.68. The molecule has 0 radical (unpaired) electrons. The third-order valence-corrected chi connectivity index (χ3v) is 4.24. The lowest BCUT2D eigenvalue weighted by molar-refractivity contribution is -0.150. The van der Waals surface area contributed by atoms with Crippen molar-refractivity contribution in [2.45, 2.75) is 31.3 Å². The summed E-state index contributed by atoms with van der Waals surface area (Å²) in [7, 11) is 1.47. The van der Waals surface area contributed by atoms with Crippen molar-refractivity contribution in [2.24, 2.45) is 0 Å². The van der Waals surface area contributed by atoms with Gasteiger partial charge in [-0.2, -0.15) is 0 Å². The highest BCUT2D eigenvalue weighted by atomic mass is 32.1. The largest absolute Gasteiger partial charge is 0.479 e. The molecule has 0 aliphatic heterocycles. The monoisotopic (exact) mass is 226 g/mol. The third-order valence-electron chi connectivity index (χ3n) is 2.97. The minimum Gasteiger partial charge on any atom is -0.479 e. The zero-order chi connectivity index (χ0) is 11.1. The van der Waals surface area contributed by atoms with Gasteiger partial charge in [0.25, 0.3) is 0 Å². The Labute approximate surface area is 92.7 Å². The molecule has 1 aliphatic carbocycles. The maximum atomic E-state index is 11.1. The van der Waals surface area contributed by atoms with Gasteiger partial charge in [-0.3, -0.25) is 0 Å². The summed E-state index contributed by atoms with van der Waals surface area (Å²) in [6, 6.07) is 2.08. The van der Waals surface area contributed by atoms with Crippen LogP contribution in [0, 0.1) is 6.92 Å². The summed E-state index contributed by atoms with van der Waals surface area (Å²) >= 11 is 1.64.